The van der Waals surface area contributed by atoms with Gasteiger partial charge in [-0.25, -0.2) is 19.2 Å². The molecule has 35 heavy (non-hydrogen) atoms. The predicted molar refractivity (Wildman–Crippen MR) is 128 cm³/mol. The number of esters is 1. The third kappa shape index (κ3) is 5.01. The third-order valence-electron chi connectivity index (χ3n) is 6.46. The molecule has 2 aromatic heterocycles. The molecular weight excluding hydrogens is 451 g/mol. The molecule has 2 N–H and O–H groups in total. The molecular formula is C25H27FN6O3. The lowest BCUT2D eigenvalue weighted by Crippen LogP contribution is -2.22. The second kappa shape index (κ2) is 9.81. The van der Waals surface area contributed by atoms with Crippen molar-refractivity contribution >= 4 is 17.7 Å². The Labute approximate surface area is 202 Å². The molecule has 0 saturated heterocycles. The number of carbonyl (C=O) groups excluding carboxylic acids is 1. The van der Waals surface area contributed by atoms with Crippen LogP contribution in [-0.2, 0) is 4.74 Å². The Morgan fingerprint density at radius 1 is 0.971 bits per heavy atom. The summed E-state index contributed by atoms with van der Waals surface area (Å²) in [5.41, 5.74) is 1.80. The van der Waals surface area contributed by atoms with Gasteiger partial charge >= 0.3 is 5.97 Å². The number of anilines is 2. The largest absolute Gasteiger partial charge is 0.495 e. The van der Waals surface area contributed by atoms with Crippen LogP contribution in [0.25, 0.3) is 11.1 Å². The van der Waals surface area contributed by atoms with Gasteiger partial charge in [0.05, 0.1) is 31.7 Å². The summed E-state index contributed by atoms with van der Waals surface area (Å²) in [6.07, 6.45) is 8.58. The molecule has 2 atom stereocenters. The number of hydrogen-bond donors (Lipinski definition) is 2. The van der Waals surface area contributed by atoms with Gasteiger partial charge in [0.15, 0.2) is 0 Å². The highest BCUT2D eigenvalue weighted by molar-refractivity contribution is 5.95. The maximum atomic E-state index is 14.7. The van der Waals surface area contributed by atoms with Crippen LogP contribution in [0.4, 0.5) is 16.2 Å². The number of rotatable bonds is 8. The van der Waals surface area contributed by atoms with Gasteiger partial charge in [-0.15, -0.1) is 10.2 Å². The van der Waals surface area contributed by atoms with Crippen molar-refractivity contribution in [2.24, 2.45) is 0 Å². The Kier molecular flexibility index (Phi) is 6.43. The van der Waals surface area contributed by atoms with Crippen molar-refractivity contribution in [3.63, 3.8) is 0 Å². The summed E-state index contributed by atoms with van der Waals surface area (Å²) >= 11 is 0. The third-order valence-corrected chi connectivity index (χ3v) is 6.46. The minimum atomic E-state index is -0.598. The van der Waals surface area contributed by atoms with Gasteiger partial charge in [-0.05, 0) is 56.4 Å². The Morgan fingerprint density at radius 2 is 1.77 bits per heavy atom. The van der Waals surface area contributed by atoms with Crippen molar-refractivity contribution < 1.29 is 18.7 Å². The zero-order chi connectivity index (χ0) is 24.4. The van der Waals surface area contributed by atoms with Gasteiger partial charge in [0.1, 0.15) is 22.9 Å². The second-order valence-electron chi connectivity index (χ2n) is 8.90. The molecule has 0 radical (unpaired) electrons. The molecule has 2 aliphatic rings. The molecule has 2 fully saturated rings. The van der Waals surface area contributed by atoms with Crippen LogP contribution < -0.4 is 15.4 Å². The van der Waals surface area contributed by atoms with Gasteiger partial charge < -0.3 is 20.1 Å². The SMILES string of the molecule is COC(=O)c1ccc(F)c(-c2ccc(N[C@H]3CC[C@H](Nc4ncc(C5CC5)nn4)C3)nc2)c1OC. The van der Waals surface area contributed by atoms with Crippen molar-refractivity contribution in [2.45, 2.75) is 50.1 Å². The molecule has 3 aromatic rings. The monoisotopic (exact) mass is 478 g/mol. The molecule has 182 valence electrons. The molecule has 2 aliphatic carbocycles. The number of halogens is 1. The van der Waals surface area contributed by atoms with E-state index in [1.807, 2.05) is 6.20 Å². The first-order chi connectivity index (χ1) is 17.1. The van der Waals surface area contributed by atoms with Crippen LogP contribution in [0, 0.1) is 5.82 Å². The zero-order valence-corrected chi connectivity index (χ0v) is 19.6. The maximum absolute atomic E-state index is 14.7. The predicted octanol–water partition coefficient (Wildman–Crippen LogP) is 4.19. The van der Waals surface area contributed by atoms with E-state index in [-0.39, 0.29) is 29.0 Å². The van der Waals surface area contributed by atoms with E-state index in [9.17, 15) is 9.18 Å². The molecule has 10 heteroatoms. The number of carbonyl (C=O) groups is 1. The first kappa shape index (κ1) is 22.9. The number of benzene rings is 1. The number of methoxy groups -OCH3 is 2. The van der Waals surface area contributed by atoms with E-state index in [1.54, 1.807) is 18.3 Å². The lowest BCUT2D eigenvalue weighted by atomic mass is 10.0. The van der Waals surface area contributed by atoms with Crippen molar-refractivity contribution in [3.05, 3.63) is 53.7 Å². The van der Waals surface area contributed by atoms with Crippen LogP contribution >= 0.6 is 0 Å². The second-order valence-corrected chi connectivity index (χ2v) is 8.90. The Morgan fingerprint density at radius 3 is 2.40 bits per heavy atom. The summed E-state index contributed by atoms with van der Waals surface area (Å²) in [5.74, 6) is 0.799. The molecule has 9 nitrogen and oxygen atoms in total. The molecule has 2 saturated carbocycles. The first-order valence-corrected chi connectivity index (χ1v) is 11.7. The van der Waals surface area contributed by atoms with Gasteiger partial charge in [-0.3, -0.25) is 0 Å². The highest BCUT2D eigenvalue weighted by Gasteiger charge is 2.28. The molecule has 5 rings (SSSR count). The fourth-order valence-corrected chi connectivity index (χ4v) is 4.49. The van der Waals surface area contributed by atoms with E-state index in [1.165, 1.54) is 39.2 Å². The summed E-state index contributed by atoms with van der Waals surface area (Å²) in [6.45, 7) is 0. The summed E-state index contributed by atoms with van der Waals surface area (Å²) in [5, 5.41) is 15.3. The Hall–Kier alpha value is -3.82. The first-order valence-electron chi connectivity index (χ1n) is 11.7. The number of pyridine rings is 1. The van der Waals surface area contributed by atoms with Crippen LogP contribution in [0.2, 0.25) is 0 Å². The number of hydrogen-bond acceptors (Lipinski definition) is 9. The van der Waals surface area contributed by atoms with Gasteiger partial charge in [0, 0.05) is 29.8 Å². The lowest BCUT2D eigenvalue weighted by molar-refractivity contribution is 0.0597. The van der Waals surface area contributed by atoms with E-state index in [2.05, 4.69) is 30.8 Å². The molecule has 0 aliphatic heterocycles. The Bertz CT molecular complexity index is 1200. The van der Waals surface area contributed by atoms with Crippen LogP contribution in [0.15, 0.2) is 36.7 Å². The van der Waals surface area contributed by atoms with Crippen LogP contribution in [0.5, 0.6) is 5.75 Å². The minimum Gasteiger partial charge on any atom is -0.495 e. The average Bonchev–Trinajstić information content (AvgIpc) is 3.64. The summed E-state index contributed by atoms with van der Waals surface area (Å²) in [6, 6.07) is 6.60. The van der Waals surface area contributed by atoms with Crippen molar-refractivity contribution in [1.29, 1.82) is 0 Å². The molecule has 1 aromatic carbocycles. The molecule has 0 amide bonds. The Balaban J connectivity index is 1.23. The quantitative estimate of drug-likeness (QED) is 0.460. The fourth-order valence-electron chi connectivity index (χ4n) is 4.49. The molecule has 2 heterocycles. The molecule has 0 spiro atoms. The van der Waals surface area contributed by atoms with Crippen LogP contribution in [-0.4, -0.2) is 52.4 Å². The minimum absolute atomic E-state index is 0.117. The summed E-state index contributed by atoms with van der Waals surface area (Å²) < 4.78 is 24.8. The number of nitrogens with one attached hydrogen (secondary N) is 2. The maximum Gasteiger partial charge on any atom is 0.341 e. The zero-order valence-electron chi connectivity index (χ0n) is 19.6. The van der Waals surface area contributed by atoms with Gasteiger partial charge in [-0.2, -0.15) is 0 Å². The standard InChI is InChI=1S/C25H27FN6O3/c1-34-23-18(24(33)35-2)8-9-19(26)22(23)15-5-10-21(27-12-15)29-16-6-7-17(11-16)30-25-28-13-20(31-32-25)14-3-4-14/h5,8-10,12-14,16-17H,3-4,6-7,11H2,1-2H3,(H,27,29)(H,28,30,32)/t16-,17-/m0/s1. The number of ether oxygens (including phenoxy) is 2. The van der Waals surface area contributed by atoms with E-state index in [0.29, 0.717) is 23.2 Å². The summed E-state index contributed by atoms with van der Waals surface area (Å²) in [4.78, 5) is 20.9. The molecule has 0 bridgehead atoms. The van der Waals surface area contributed by atoms with Crippen molar-refractivity contribution in [2.75, 3.05) is 24.9 Å². The van der Waals surface area contributed by atoms with Gasteiger partial charge in [0.25, 0.3) is 0 Å². The van der Waals surface area contributed by atoms with E-state index >= 15 is 0 Å². The van der Waals surface area contributed by atoms with Crippen LogP contribution in [0.1, 0.15) is 54.1 Å². The topological polar surface area (TPSA) is 111 Å². The van der Waals surface area contributed by atoms with Crippen molar-refractivity contribution in [3.8, 4) is 16.9 Å². The van der Waals surface area contributed by atoms with E-state index < -0.39 is 11.8 Å². The highest BCUT2D eigenvalue weighted by atomic mass is 19.1. The number of aromatic nitrogens is 4. The van der Waals surface area contributed by atoms with E-state index in [4.69, 9.17) is 9.47 Å². The highest BCUT2D eigenvalue weighted by Crippen LogP contribution is 2.38. The normalized spacial score (nSPS) is 19.3. The van der Waals surface area contributed by atoms with Gasteiger partial charge in [0.2, 0.25) is 5.95 Å². The van der Waals surface area contributed by atoms with Gasteiger partial charge in [-0.1, -0.05) is 0 Å². The number of nitrogens with zero attached hydrogens (tertiary/aromatic N) is 4. The lowest BCUT2D eigenvalue weighted by Gasteiger charge is -2.16. The van der Waals surface area contributed by atoms with Crippen molar-refractivity contribution in [1.82, 2.24) is 20.2 Å². The fraction of sp³-hybridized carbons (Fsp3) is 0.400. The van der Waals surface area contributed by atoms with E-state index in [0.717, 1.165) is 25.0 Å². The molecule has 0 unspecified atom stereocenters. The average molecular weight is 479 g/mol. The van der Waals surface area contributed by atoms with Crippen LogP contribution in [0.3, 0.4) is 0 Å². The smallest absolute Gasteiger partial charge is 0.341 e. The summed E-state index contributed by atoms with van der Waals surface area (Å²) in [7, 11) is 2.66.